The summed E-state index contributed by atoms with van der Waals surface area (Å²) < 4.78 is 0. The number of nitrogens with one attached hydrogen (secondary N) is 1. The van der Waals surface area contributed by atoms with Gasteiger partial charge in [0.25, 0.3) is 0 Å². The van der Waals surface area contributed by atoms with Crippen LogP contribution in [0.4, 0.5) is 17.3 Å². The molecule has 0 fully saturated rings. The highest BCUT2D eigenvalue weighted by Gasteiger charge is 2.19. The standard InChI is InChI=1S/C17H22N4/c1-3-8-18-16-11-17(20-12-19-16)21-9-4-5-14-10-13(2)6-7-15(14)21/h6-7,10-12H,3-5,8-9H2,1-2H3,(H,18,19,20). The van der Waals surface area contributed by atoms with Crippen molar-refractivity contribution in [3.8, 4) is 0 Å². The third-order valence-electron chi connectivity index (χ3n) is 3.84. The van der Waals surface area contributed by atoms with Crippen molar-refractivity contribution in [1.29, 1.82) is 0 Å². The van der Waals surface area contributed by atoms with Crippen LogP contribution in [0, 0.1) is 6.92 Å². The fourth-order valence-corrected chi connectivity index (χ4v) is 2.81. The summed E-state index contributed by atoms with van der Waals surface area (Å²) in [5, 5.41) is 3.33. The zero-order valence-electron chi connectivity index (χ0n) is 12.8. The van der Waals surface area contributed by atoms with E-state index in [4.69, 9.17) is 0 Å². The lowest BCUT2D eigenvalue weighted by molar-refractivity contribution is 0.757. The highest BCUT2D eigenvalue weighted by Crippen LogP contribution is 2.33. The lowest BCUT2D eigenvalue weighted by Crippen LogP contribution is -2.25. The quantitative estimate of drug-likeness (QED) is 0.928. The van der Waals surface area contributed by atoms with Gasteiger partial charge in [0.1, 0.15) is 18.0 Å². The zero-order valence-corrected chi connectivity index (χ0v) is 12.8. The van der Waals surface area contributed by atoms with Crippen LogP contribution in [0.3, 0.4) is 0 Å². The molecule has 0 saturated carbocycles. The second kappa shape index (κ2) is 6.12. The van der Waals surface area contributed by atoms with Gasteiger partial charge >= 0.3 is 0 Å². The number of fused-ring (bicyclic) bond motifs is 1. The smallest absolute Gasteiger partial charge is 0.138 e. The number of aryl methyl sites for hydroxylation is 2. The summed E-state index contributed by atoms with van der Waals surface area (Å²) >= 11 is 0. The molecule has 0 amide bonds. The molecule has 2 aromatic rings. The predicted molar refractivity (Wildman–Crippen MR) is 87.3 cm³/mol. The molecular formula is C17H22N4. The SMILES string of the molecule is CCCNc1cc(N2CCCc3cc(C)ccc32)ncn1. The van der Waals surface area contributed by atoms with Crippen molar-refractivity contribution in [2.45, 2.75) is 33.1 Å². The molecule has 4 nitrogen and oxygen atoms in total. The molecule has 0 radical (unpaired) electrons. The van der Waals surface area contributed by atoms with Gasteiger partial charge in [-0.15, -0.1) is 0 Å². The van der Waals surface area contributed by atoms with E-state index < -0.39 is 0 Å². The topological polar surface area (TPSA) is 41.0 Å². The summed E-state index contributed by atoms with van der Waals surface area (Å²) in [6.07, 6.45) is 5.05. The van der Waals surface area contributed by atoms with Crippen molar-refractivity contribution in [3.63, 3.8) is 0 Å². The van der Waals surface area contributed by atoms with Gasteiger partial charge < -0.3 is 10.2 Å². The summed E-state index contributed by atoms with van der Waals surface area (Å²) in [5.41, 5.74) is 4.03. The van der Waals surface area contributed by atoms with Crippen molar-refractivity contribution in [2.24, 2.45) is 0 Å². The average molecular weight is 282 g/mol. The molecule has 1 aliphatic rings. The Morgan fingerprint density at radius 3 is 3.00 bits per heavy atom. The summed E-state index contributed by atoms with van der Waals surface area (Å²) in [6.45, 7) is 6.25. The van der Waals surface area contributed by atoms with E-state index in [2.05, 4.69) is 52.2 Å². The molecule has 3 rings (SSSR count). The lowest BCUT2D eigenvalue weighted by atomic mass is 9.99. The molecule has 1 aliphatic heterocycles. The fraction of sp³-hybridized carbons (Fsp3) is 0.412. The molecule has 2 heterocycles. The van der Waals surface area contributed by atoms with Gasteiger partial charge in [-0.05, 0) is 37.8 Å². The molecule has 21 heavy (non-hydrogen) atoms. The van der Waals surface area contributed by atoms with E-state index in [1.54, 1.807) is 6.33 Å². The van der Waals surface area contributed by atoms with Crippen LogP contribution in [-0.4, -0.2) is 23.1 Å². The fourth-order valence-electron chi connectivity index (χ4n) is 2.81. The minimum absolute atomic E-state index is 0.904. The van der Waals surface area contributed by atoms with E-state index in [-0.39, 0.29) is 0 Å². The van der Waals surface area contributed by atoms with E-state index in [0.717, 1.165) is 44.0 Å². The second-order valence-corrected chi connectivity index (χ2v) is 5.58. The van der Waals surface area contributed by atoms with Crippen LogP contribution in [0.2, 0.25) is 0 Å². The first-order valence-corrected chi connectivity index (χ1v) is 7.71. The molecule has 110 valence electrons. The predicted octanol–water partition coefficient (Wildman–Crippen LogP) is 3.69. The zero-order chi connectivity index (χ0) is 14.7. The minimum atomic E-state index is 0.904. The Morgan fingerprint density at radius 1 is 1.24 bits per heavy atom. The molecule has 4 heteroatoms. The van der Waals surface area contributed by atoms with Crippen LogP contribution < -0.4 is 10.2 Å². The maximum atomic E-state index is 4.47. The average Bonchev–Trinajstić information content (AvgIpc) is 2.52. The van der Waals surface area contributed by atoms with Crippen LogP contribution in [0.1, 0.15) is 30.9 Å². The third kappa shape index (κ3) is 2.99. The first-order valence-electron chi connectivity index (χ1n) is 7.71. The maximum Gasteiger partial charge on any atom is 0.138 e. The first kappa shape index (κ1) is 13.9. The van der Waals surface area contributed by atoms with Crippen LogP contribution >= 0.6 is 0 Å². The Bertz CT molecular complexity index is 624. The molecule has 0 bridgehead atoms. The second-order valence-electron chi connectivity index (χ2n) is 5.58. The van der Waals surface area contributed by atoms with Gasteiger partial charge in [0.05, 0.1) is 0 Å². The van der Waals surface area contributed by atoms with Crippen LogP contribution in [-0.2, 0) is 6.42 Å². The molecule has 0 atom stereocenters. The number of anilines is 3. The largest absolute Gasteiger partial charge is 0.370 e. The summed E-state index contributed by atoms with van der Waals surface area (Å²) in [6, 6.07) is 8.73. The van der Waals surface area contributed by atoms with E-state index in [9.17, 15) is 0 Å². The van der Waals surface area contributed by atoms with Crippen LogP contribution in [0.5, 0.6) is 0 Å². The van der Waals surface area contributed by atoms with Crippen LogP contribution in [0.25, 0.3) is 0 Å². The number of aromatic nitrogens is 2. The Morgan fingerprint density at radius 2 is 2.14 bits per heavy atom. The number of hydrogen-bond acceptors (Lipinski definition) is 4. The highest BCUT2D eigenvalue weighted by molar-refractivity contribution is 5.67. The Balaban J connectivity index is 1.91. The molecule has 0 spiro atoms. The van der Waals surface area contributed by atoms with Crippen LogP contribution in [0.15, 0.2) is 30.6 Å². The number of benzene rings is 1. The highest BCUT2D eigenvalue weighted by atomic mass is 15.2. The molecule has 1 N–H and O–H groups in total. The van der Waals surface area contributed by atoms with E-state index >= 15 is 0 Å². The van der Waals surface area contributed by atoms with Gasteiger partial charge in [-0.25, -0.2) is 9.97 Å². The summed E-state index contributed by atoms with van der Waals surface area (Å²) in [7, 11) is 0. The molecular weight excluding hydrogens is 260 g/mol. The Hall–Kier alpha value is -2.10. The van der Waals surface area contributed by atoms with E-state index in [1.165, 1.54) is 16.8 Å². The Kier molecular flexibility index (Phi) is 4.04. The van der Waals surface area contributed by atoms with Crippen molar-refractivity contribution >= 4 is 17.3 Å². The van der Waals surface area contributed by atoms with Gasteiger partial charge in [0.2, 0.25) is 0 Å². The number of nitrogens with zero attached hydrogens (tertiary/aromatic N) is 3. The van der Waals surface area contributed by atoms with Gasteiger partial charge in [-0.3, -0.25) is 0 Å². The molecule has 1 aromatic carbocycles. The van der Waals surface area contributed by atoms with Gasteiger partial charge in [-0.1, -0.05) is 24.6 Å². The number of hydrogen-bond donors (Lipinski definition) is 1. The Labute approximate surface area is 126 Å². The molecule has 0 aliphatic carbocycles. The lowest BCUT2D eigenvalue weighted by Gasteiger charge is -2.30. The summed E-state index contributed by atoms with van der Waals surface area (Å²) in [4.78, 5) is 11.1. The van der Waals surface area contributed by atoms with E-state index in [1.807, 2.05) is 6.07 Å². The minimum Gasteiger partial charge on any atom is -0.370 e. The third-order valence-corrected chi connectivity index (χ3v) is 3.84. The van der Waals surface area contributed by atoms with Gasteiger partial charge in [0.15, 0.2) is 0 Å². The summed E-state index contributed by atoms with van der Waals surface area (Å²) in [5.74, 6) is 1.88. The molecule has 1 aromatic heterocycles. The molecule has 0 unspecified atom stereocenters. The molecule has 0 saturated heterocycles. The number of rotatable bonds is 4. The van der Waals surface area contributed by atoms with Gasteiger partial charge in [-0.2, -0.15) is 0 Å². The van der Waals surface area contributed by atoms with Crippen molar-refractivity contribution < 1.29 is 0 Å². The first-order chi connectivity index (χ1) is 10.3. The normalized spacial score (nSPS) is 13.9. The maximum absolute atomic E-state index is 4.47. The van der Waals surface area contributed by atoms with E-state index in [0.29, 0.717) is 0 Å². The van der Waals surface area contributed by atoms with Crippen molar-refractivity contribution in [1.82, 2.24) is 9.97 Å². The van der Waals surface area contributed by atoms with Crippen molar-refractivity contribution in [3.05, 3.63) is 41.7 Å². The van der Waals surface area contributed by atoms with Crippen molar-refractivity contribution in [2.75, 3.05) is 23.3 Å². The van der Waals surface area contributed by atoms with Gasteiger partial charge in [0, 0.05) is 24.8 Å². The monoisotopic (exact) mass is 282 g/mol.